The lowest BCUT2D eigenvalue weighted by molar-refractivity contribution is 0.0526. The van der Waals surface area contributed by atoms with Crippen molar-refractivity contribution >= 4 is 28.5 Å². The minimum Gasteiger partial charge on any atom is -0.462 e. The van der Waals surface area contributed by atoms with E-state index < -0.39 is 6.67 Å². The summed E-state index contributed by atoms with van der Waals surface area (Å²) < 4.78 is 19.0. The zero-order valence-electron chi connectivity index (χ0n) is 17.4. The molecule has 0 spiro atoms. The monoisotopic (exact) mass is 445 g/mol. The number of benzene rings is 1. The number of esters is 1. The van der Waals surface area contributed by atoms with Crippen LogP contribution < -0.4 is 10.6 Å². The first-order valence-electron chi connectivity index (χ1n) is 9.86. The van der Waals surface area contributed by atoms with Gasteiger partial charge in [-0.25, -0.2) is 23.9 Å². The fraction of sp³-hybridized carbons (Fsp3) is 0.333. The lowest BCUT2D eigenvalue weighted by atomic mass is 10.1. The zero-order valence-corrected chi connectivity index (χ0v) is 18.2. The highest BCUT2D eigenvalue weighted by Crippen LogP contribution is 2.32. The third kappa shape index (κ3) is 6.11. The Morgan fingerprint density at radius 2 is 2.03 bits per heavy atom. The van der Waals surface area contributed by atoms with Crippen LogP contribution in [0.3, 0.4) is 0 Å². The van der Waals surface area contributed by atoms with E-state index in [-0.39, 0.29) is 18.5 Å². The maximum atomic E-state index is 12.3. The number of urea groups is 1. The summed E-state index contributed by atoms with van der Waals surface area (Å²) in [6.07, 6.45) is 3.89. The van der Waals surface area contributed by atoms with E-state index in [0.717, 1.165) is 21.8 Å². The summed E-state index contributed by atoms with van der Waals surface area (Å²) in [5.41, 5.74) is 2.95. The number of aromatic nitrogens is 3. The predicted octanol–water partition coefficient (Wildman–Crippen LogP) is 3.83. The molecular weight excluding hydrogens is 421 g/mol. The molecule has 0 unspecified atom stereocenters. The molecule has 0 aliphatic carbocycles. The Balaban J connectivity index is 1.54. The average Bonchev–Trinajstić information content (AvgIpc) is 3.34. The summed E-state index contributed by atoms with van der Waals surface area (Å²) in [4.78, 5) is 33.4. The number of anilines is 1. The van der Waals surface area contributed by atoms with Gasteiger partial charge in [-0.2, -0.15) is 0 Å². The van der Waals surface area contributed by atoms with E-state index in [0.29, 0.717) is 30.3 Å². The molecule has 0 aliphatic rings. The third-order valence-corrected chi connectivity index (χ3v) is 5.49. The fourth-order valence-electron chi connectivity index (χ4n) is 2.89. The van der Waals surface area contributed by atoms with Crippen molar-refractivity contribution in [3.8, 4) is 10.4 Å². The standard InChI is InChI=1S/C21H24FN5O3S/c1-3-30-19(28)16-6-4-15(5-7-16)18-14(2)25-21(31-18)26-20(29)23-10-8-17-12-27(11-9-22)13-24-17/h4-7,12-13H,3,8-11H2,1-2H3,(H2,23,25,26,29). The number of imidazole rings is 1. The Kier molecular flexibility index (Phi) is 7.71. The van der Waals surface area contributed by atoms with Crippen molar-refractivity contribution in [2.45, 2.75) is 26.8 Å². The third-order valence-electron chi connectivity index (χ3n) is 4.37. The molecule has 8 nitrogen and oxygen atoms in total. The number of aryl methyl sites for hydroxylation is 2. The smallest absolute Gasteiger partial charge is 0.338 e. The highest BCUT2D eigenvalue weighted by molar-refractivity contribution is 7.19. The number of thiazole rings is 1. The molecule has 164 valence electrons. The van der Waals surface area contributed by atoms with Crippen LogP contribution in [0.4, 0.5) is 14.3 Å². The topological polar surface area (TPSA) is 98.1 Å². The molecule has 2 aromatic heterocycles. The number of carbonyl (C=O) groups is 2. The van der Waals surface area contributed by atoms with Crippen LogP contribution in [0.1, 0.15) is 28.7 Å². The lowest BCUT2D eigenvalue weighted by Gasteiger charge is -2.04. The molecule has 0 atom stereocenters. The first-order valence-corrected chi connectivity index (χ1v) is 10.7. The minimum absolute atomic E-state index is 0.276. The maximum Gasteiger partial charge on any atom is 0.338 e. The number of hydrogen-bond donors (Lipinski definition) is 2. The second kappa shape index (κ2) is 10.7. The molecule has 3 aromatic rings. The van der Waals surface area contributed by atoms with Crippen molar-refractivity contribution in [3.63, 3.8) is 0 Å². The Bertz CT molecular complexity index is 1030. The normalized spacial score (nSPS) is 10.7. The van der Waals surface area contributed by atoms with Crippen LogP contribution in [0.25, 0.3) is 10.4 Å². The van der Waals surface area contributed by atoms with Crippen LogP contribution in [0.15, 0.2) is 36.8 Å². The molecule has 10 heteroatoms. The summed E-state index contributed by atoms with van der Waals surface area (Å²) in [5.74, 6) is -0.358. The van der Waals surface area contributed by atoms with Crippen molar-refractivity contribution < 1.29 is 18.7 Å². The van der Waals surface area contributed by atoms with Gasteiger partial charge >= 0.3 is 12.0 Å². The van der Waals surface area contributed by atoms with E-state index in [1.807, 2.05) is 19.1 Å². The molecule has 0 saturated heterocycles. The SMILES string of the molecule is CCOC(=O)c1ccc(-c2sc(NC(=O)NCCc3cn(CCF)cn3)nc2C)cc1. The molecule has 2 heterocycles. The predicted molar refractivity (Wildman–Crippen MR) is 117 cm³/mol. The molecule has 3 rings (SSSR count). The van der Waals surface area contributed by atoms with E-state index in [9.17, 15) is 14.0 Å². The molecule has 0 bridgehead atoms. The van der Waals surface area contributed by atoms with E-state index in [2.05, 4.69) is 20.6 Å². The minimum atomic E-state index is -0.443. The van der Waals surface area contributed by atoms with E-state index in [4.69, 9.17) is 4.74 Å². The van der Waals surface area contributed by atoms with Crippen LogP contribution in [0.2, 0.25) is 0 Å². The lowest BCUT2D eigenvalue weighted by Crippen LogP contribution is -2.30. The van der Waals surface area contributed by atoms with Gasteiger partial charge in [-0.15, -0.1) is 0 Å². The number of hydrogen-bond acceptors (Lipinski definition) is 6. The molecule has 2 amide bonds. The van der Waals surface area contributed by atoms with Crippen molar-refractivity contribution in [1.29, 1.82) is 0 Å². The highest BCUT2D eigenvalue weighted by atomic mass is 32.1. The van der Waals surface area contributed by atoms with Gasteiger partial charge in [0.2, 0.25) is 0 Å². The molecule has 0 saturated carbocycles. The summed E-state index contributed by atoms with van der Waals surface area (Å²) >= 11 is 1.35. The first kappa shape index (κ1) is 22.4. The number of rotatable bonds is 9. The van der Waals surface area contributed by atoms with Gasteiger partial charge in [-0.1, -0.05) is 23.5 Å². The van der Waals surface area contributed by atoms with Crippen LogP contribution >= 0.6 is 11.3 Å². The van der Waals surface area contributed by atoms with Crippen LogP contribution in [-0.4, -0.2) is 46.4 Å². The maximum absolute atomic E-state index is 12.3. The molecule has 1 aromatic carbocycles. The van der Waals surface area contributed by atoms with Crippen LogP contribution in [0, 0.1) is 6.92 Å². The number of halogens is 1. The number of nitrogens with one attached hydrogen (secondary N) is 2. The van der Waals surface area contributed by atoms with E-state index in [1.165, 1.54) is 11.3 Å². The number of alkyl halides is 1. The van der Waals surface area contributed by atoms with Gasteiger partial charge in [0.1, 0.15) is 6.67 Å². The van der Waals surface area contributed by atoms with Gasteiger partial charge < -0.3 is 14.6 Å². The number of ether oxygens (including phenoxy) is 1. The van der Waals surface area contributed by atoms with Gasteiger partial charge in [-0.05, 0) is 31.5 Å². The second-order valence-electron chi connectivity index (χ2n) is 6.65. The molecule has 0 radical (unpaired) electrons. The van der Waals surface area contributed by atoms with Gasteiger partial charge in [-0.3, -0.25) is 5.32 Å². The number of carbonyl (C=O) groups excluding carboxylic acids is 2. The average molecular weight is 446 g/mol. The Morgan fingerprint density at radius 1 is 1.26 bits per heavy atom. The number of amides is 2. The van der Waals surface area contributed by atoms with Gasteiger partial charge in [0.15, 0.2) is 5.13 Å². The van der Waals surface area contributed by atoms with Gasteiger partial charge in [0.25, 0.3) is 0 Å². The van der Waals surface area contributed by atoms with Crippen molar-refractivity contribution in [3.05, 3.63) is 53.7 Å². The molecular formula is C21H24FN5O3S. The highest BCUT2D eigenvalue weighted by Gasteiger charge is 2.13. The Labute approximate surface area is 183 Å². The van der Waals surface area contributed by atoms with Crippen LogP contribution in [-0.2, 0) is 17.7 Å². The summed E-state index contributed by atoms with van der Waals surface area (Å²) in [6, 6.07) is 6.72. The molecule has 2 N–H and O–H groups in total. The molecule has 31 heavy (non-hydrogen) atoms. The second-order valence-corrected chi connectivity index (χ2v) is 7.65. The van der Waals surface area contributed by atoms with Crippen molar-refractivity contribution in [2.24, 2.45) is 0 Å². The summed E-state index contributed by atoms with van der Waals surface area (Å²) in [7, 11) is 0. The summed E-state index contributed by atoms with van der Waals surface area (Å²) in [5, 5.41) is 5.98. The Hall–Kier alpha value is -3.27. The van der Waals surface area contributed by atoms with E-state index >= 15 is 0 Å². The van der Waals surface area contributed by atoms with Gasteiger partial charge in [0.05, 0.1) is 41.3 Å². The van der Waals surface area contributed by atoms with Crippen molar-refractivity contribution in [2.75, 3.05) is 25.1 Å². The van der Waals surface area contributed by atoms with Crippen LogP contribution in [0.5, 0.6) is 0 Å². The molecule has 0 fully saturated rings. The first-order chi connectivity index (χ1) is 15.0. The van der Waals surface area contributed by atoms with Crippen molar-refractivity contribution in [1.82, 2.24) is 19.9 Å². The summed E-state index contributed by atoms with van der Waals surface area (Å²) in [6.45, 7) is 4.18. The largest absolute Gasteiger partial charge is 0.462 e. The zero-order chi connectivity index (χ0) is 22.2. The molecule has 0 aliphatic heterocycles. The van der Waals surface area contributed by atoms with Gasteiger partial charge in [0, 0.05) is 19.2 Å². The Morgan fingerprint density at radius 3 is 2.74 bits per heavy atom. The number of nitrogens with zero attached hydrogens (tertiary/aromatic N) is 3. The quantitative estimate of drug-likeness (QED) is 0.488. The van der Waals surface area contributed by atoms with E-state index in [1.54, 1.807) is 36.1 Å². The fourth-order valence-corrected chi connectivity index (χ4v) is 3.86.